The maximum atomic E-state index is 14.0. The van der Waals surface area contributed by atoms with Gasteiger partial charge in [0.1, 0.15) is 17.9 Å². The second-order valence-electron chi connectivity index (χ2n) is 10.2. The summed E-state index contributed by atoms with van der Waals surface area (Å²) in [4.78, 5) is 45.9. The maximum absolute atomic E-state index is 14.0. The fraction of sp³-hybridized carbons (Fsp3) is 0.481. The number of imide groups is 1. The highest BCUT2D eigenvalue weighted by molar-refractivity contribution is 6.12. The van der Waals surface area contributed by atoms with Gasteiger partial charge in [0, 0.05) is 18.9 Å². The Morgan fingerprint density at radius 3 is 2.53 bits per heavy atom. The molecule has 8 nitrogen and oxygen atoms in total. The van der Waals surface area contributed by atoms with E-state index in [4.69, 9.17) is 5.73 Å². The summed E-state index contributed by atoms with van der Waals surface area (Å²) in [5.41, 5.74) is 7.81. The van der Waals surface area contributed by atoms with Crippen molar-refractivity contribution in [3.8, 4) is 0 Å². The van der Waals surface area contributed by atoms with Gasteiger partial charge in [-0.3, -0.25) is 14.5 Å². The summed E-state index contributed by atoms with van der Waals surface area (Å²) >= 11 is 0. The van der Waals surface area contributed by atoms with Crippen LogP contribution in [0.1, 0.15) is 43.2 Å². The molecule has 1 aliphatic carbocycles. The first kappa shape index (κ1) is 27.4. The topological polar surface area (TPSA) is 109 Å². The Kier molecular flexibility index (Phi) is 7.94. The van der Waals surface area contributed by atoms with Gasteiger partial charge in [-0.25, -0.2) is 9.78 Å². The van der Waals surface area contributed by atoms with Crippen molar-refractivity contribution in [2.75, 3.05) is 17.7 Å². The van der Waals surface area contributed by atoms with Crippen molar-refractivity contribution in [2.45, 2.75) is 63.7 Å². The highest BCUT2D eigenvalue weighted by Gasteiger charge is 2.56. The Balaban J connectivity index is 1.61. The highest BCUT2D eigenvalue weighted by atomic mass is 19.4. The lowest BCUT2D eigenvalue weighted by Crippen LogP contribution is -2.71. The second kappa shape index (κ2) is 11.0. The Labute approximate surface area is 219 Å². The van der Waals surface area contributed by atoms with Crippen LogP contribution in [-0.2, 0) is 16.0 Å². The number of anilines is 2. The van der Waals surface area contributed by atoms with Crippen LogP contribution in [0, 0.1) is 18.8 Å². The normalized spacial score (nSPS) is 21.0. The molecule has 1 aliphatic heterocycles. The molecule has 4 amide bonds. The molecule has 1 aromatic heterocycles. The number of likely N-dealkylation sites (tertiary alicyclic amines) is 1. The van der Waals surface area contributed by atoms with E-state index < -0.39 is 47.9 Å². The van der Waals surface area contributed by atoms with Crippen molar-refractivity contribution in [1.29, 1.82) is 0 Å². The Morgan fingerprint density at radius 2 is 1.89 bits per heavy atom. The average Bonchev–Trinajstić information content (AvgIpc) is 2.87. The number of benzene rings is 1. The number of hydrogen-bond donors (Lipinski definition) is 2. The van der Waals surface area contributed by atoms with Crippen LogP contribution in [0.3, 0.4) is 0 Å². The number of hydrogen-bond acceptors (Lipinski definition) is 5. The number of urea groups is 1. The van der Waals surface area contributed by atoms with E-state index in [0.29, 0.717) is 41.8 Å². The van der Waals surface area contributed by atoms with Crippen molar-refractivity contribution in [2.24, 2.45) is 11.8 Å². The molecule has 2 aliphatic rings. The van der Waals surface area contributed by atoms with Crippen molar-refractivity contribution in [3.63, 3.8) is 0 Å². The van der Waals surface area contributed by atoms with Gasteiger partial charge in [0.05, 0.1) is 5.92 Å². The number of carbonyl (C=O) groups is 3. The van der Waals surface area contributed by atoms with Gasteiger partial charge in [-0.05, 0) is 67.5 Å². The van der Waals surface area contributed by atoms with Crippen LogP contribution in [0.4, 0.5) is 29.5 Å². The maximum Gasteiger partial charge on any atom is 0.408 e. The van der Waals surface area contributed by atoms with Crippen LogP contribution in [-0.4, -0.2) is 53.0 Å². The molecular weight excluding hydrogens is 499 g/mol. The van der Waals surface area contributed by atoms with Gasteiger partial charge in [0.2, 0.25) is 5.91 Å². The molecule has 0 radical (unpaired) electrons. The number of nitrogens with zero attached hydrogens (tertiary/aromatic N) is 3. The molecule has 1 saturated carbocycles. The van der Waals surface area contributed by atoms with Crippen LogP contribution in [0.5, 0.6) is 0 Å². The molecule has 2 fully saturated rings. The van der Waals surface area contributed by atoms with Gasteiger partial charge in [0.25, 0.3) is 5.91 Å². The van der Waals surface area contributed by atoms with Gasteiger partial charge in [0.15, 0.2) is 0 Å². The van der Waals surface area contributed by atoms with E-state index in [1.807, 2.05) is 13.0 Å². The Bertz CT molecular complexity index is 1200. The highest BCUT2D eigenvalue weighted by Crippen LogP contribution is 2.37. The fourth-order valence-corrected chi connectivity index (χ4v) is 5.43. The summed E-state index contributed by atoms with van der Waals surface area (Å²) < 4.78 is 41.9. The van der Waals surface area contributed by atoms with Crippen molar-refractivity contribution in [3.05, 3.63) is 53.7 Å². The molecule has 1 saturated heterocycles. The molecule has 1 unspecified atom stereocenters. The number of aromatic nitrogens is 1. The minimum Gasteiger partial charge on any atom is -0.384 e. The summed E-state index contributed by atoms with van der Waals surface area (Å²) in [6.07, 6.45) is -0.318. The minimum absolute atomic E-state index is 0.0821. The number of likely N-dealkylation sites (N-methyl/N-ethyl adjacent to an activating group) is 1. The summed E-state index contributed by atoms with van der Waals surface area (Å²) in [6.45, 7) is 1.85. The summed E-state index contributed by atoms with van der Waals surface area (Å²) in [7, 11) is 1.51. The third-order valence-electron chi connectivity index (χ3n) is 7.46. The summed E-state index contributed by atoms with van der Waals surface area (Å²) in [5, 5.41) is 2.07. The van der Waals surface area contributed by atoms with Gasteiger partial charge < -0.3 is 16.0 Å². The molecular formula is C27H32F3N5O3. The molecule has 4 rings (SSSR count). The lowest BCUT2D eigenvalue weighted by atomic mass is 9.81. The number of carbonyl (C=O) groups excluding carboxylic acids is 3. The first-order valence-corrected chi connectivity index (χ1v) is 12.7. The lowest BCUT2D eigenvalue weighted by Gasteiger charge is -2.46. The molecule has 3 N–H and O–H groups in total. The van der Waals surface area contributed by atoms with E-state index in [1.54, 1.807) is 30.3 Å². The van der Waals surface area contributed by atoms with Crippen LogP contribution in [0.15, 0.2) is 42.6 Å². The first-order valence-electron chi connectivity index (χ1n) is 12.7. The SMILES string of the molecule is Cc1cccc(N(C)C(=O)[C@@H]2C(Cc3ccnc(N)c3)C(=O)N2C(=O)N[C@@H](C2CCCCC2)C(F)(F)F)c1. The van der Waals surface area contributed by atoms with Crippen molar-refractivity contribution < 1.29 is 27.6 Å². The monoisotopic (exact) mass is 531 g/mol. The molecule has 0 spiro atoms. The predicted octanol–water partition coefficient (Wildman–Crippen LogP) is 4.23. The molecule has 2 aromatic rings. The third-order valence-corrected chi connectivity index (χ3v) is 7.46. The summed E-state index contributed by atoms with van der Waals surface area (Å²) in [6, 6.07) is 5.72. The zero-order chi connectivity index (χ0) is 27.6. The number of nitrogen functional groups attached to an aromatic ring is 1. The number of nitrogens with two attached hydrogens (primary N) is 1. The first-order chi connectivity index (χ1) is 18.0. The van der Waals surface area contributed by atoms with Crippen LogP contribution in [0.2, 0.25) is 0 Å². The van der Waals surface area contributed by atoms with E-state index in [9.17, 15) is 27.6 Å². The molecule has 2 heterocycles. The van der Waals surface area contributed by atoms with Crippen molar-refractivity contribution >= 4 is 29.4 Å². The van der Waals surface area contributed by atoms with E-state index in [-0.39, 0.29) is 12.2 Å². The number of amides is 4. The van der Waals surface area contributed by atoms with Gasteiger partial charge >= 0.3 is 12.2 Å². The molecule has 3 atom stereocenters. The summed E-state index contributed by atoms with van der Waals surface area (Å²) in [5.74, 6) is -2.77. The van der Waals surface area contributed by atoms with E-state index in [1.165, 1.54) is 18.1 Å². The average molecular weight is 532 g/mol. The van der Waals surface area contributed by atoms with Gasteiger partial charge in [-0.15, -0.1) is 0 Å². The van der Waals surface area contributed by atoms with Crippen molar-refractivity contribution in [1.82, 2.24) is 15.2 Å². The van der Waals surface area contributed by atoms with Gasteiger partial charge in [-0.2, -0.15) is 13.2 Å². The predicted molar refractivity (Wildman–Crippen MR) is 136 cm³/mol. The zero-order valence-corrected chi connectivity index (χ0v) is 21.4. The standard InChI is InChI=1S/C27H32F3N5O3/c1-16-7-6-10-19(13-16)34(2)25(37)22-20(14-17-11-12-32-21(31)15-17)24(36)35(22)26(38)33-23(27(28,29)30)18-8-4-3-5-9-18/h6-7,10-13,15,18,20,22-23H,3-5,8-9,14H2,1-2H3,(H2,31,32)(H,33,38)/t20?,22-,23-/m0/s1. The van der Waals surface area contributed by atoms with E-state index in [2.05, 4.69) is 10.3 Å². The minimum atomic E-state index is -4.68. The van der Waals surface area contributed by atoms with E-state index in [0.717, 1.165) is 12.0 Å². The fourth-order valence-electron chi connectivity index (χ4n) is 5.43. The number of nitrogens with one attached hydrogen (secondary N) is 1. The molecule has 1 aromatic carbocycles. The smallest absolute Gasteiger partial charge is 0.384 e. The molecule has 38 heavy (non-hydrogen) atoms. The van der Waals surface area contributed by atoms with Crippen LogP contribution in [0.25, 0.3) is 0 Å². The number of β-lactam (4-membered cyclic amide) rings is 1. The Morgan fingerprint density at radius 1 is 1.18 bits per heavy atom. The zero-order valence-electron chi connectivity index (χ0n) is 21.4. The number of halogens is 3. The third kappa shape index (κ3) is 5.76. The van der Waals surface area contributed by atoms with E-state index >= 15 is 0 Å². The second-order valence-corrected chi connectivity index (χ2v) is 10.2. The number of aryl methyl sites for hydroxylation is 1. The van der Waals surface area contributed by atoms with Gasteiger partial charge in [-0.1, -0.05) is 31.4 Å². The molecule has 204 valence electrons. The molecule has 0 bridgehead atoms. The largest absolute Gasteiger partial charge is 0.408 e. The number of pyridine rings is 1. The van der Waals surface area contributed by atoms with Crippen LogP contribution < -0.4 is 16.0 Å². The lowest BCUT2D eigenvalue weighted by molar-refractivity contribution is -0.170. The number of alkyl halides is 3. The quantitative estimate of drug-likeness (QED) is 0.543. The number of rotatable bonds is 6. The molecule has 11 heteroatoms. The Hall–Kier alpha value is -3.63. The van der Waals surface area contributed by atoms with Crippen LogP contribution >= 0.6 is 0 Å².